The Kier molecular flexibility index (Phi) is 6.06. The van der Waals surface area contributed by atoms with E-state index < -0.39 is 5.97 Å². The molecule has 3 aromatic heterocycles. The van der Waals surface area contributed by atoms with E-state index >= 15 is 0 Å². The van der Waals surface area contributed by atoms with Crippen molar-refractivity contribution in [1.82, 2.24) is 14.5 Å². The molecule has 4 aromatic rings. The molecule has 0 bridgehead atoms. The van der Waals surface area contributed by atoms with Gasteiger partial charge in [-0.3, -0.25) is 4.98 Å². The first kappa shape index (κ1) is 20.9. The van der Waals surface area contributed by atoms with Crippen LogP contribution in [0.4, 0.5) is 0 Å². The number of carbonyl (C=O) groups is 1. The van der Waals surface area contributed by atoms with Gasteiger partial charge in [0.15, 0.2) is 0 Å². The molecule has 32 heavy (non-hydrogen) atoms. The molecule has 4 heterocycles. The van der Waals surface area contributed by atoms with Crippen LogP contribution in [0.2, 0.25) is 0 Å². The smallest absolute Gasteiger partial charge is 0.336 e. The Morgan fingerprint density at radius 1 is 1.03 bits per heavy atom. The summed E-state index contributed by atoms with van der Waals surface area (Å²) in [7, 11) is 0. The second-order valence-electron chi connectivity index (χ2n) is 8.47. The van der Waals surface area contributed by atoms with Crippen LogP contribution in [0.3, 0.4) is 0 Å². The second kappa shape index (κ2) is 9.27. The van der Waals surface area contributed by atoms with E-state index in [-0.39, 0.29) is 0 Å². The molecule has 0 radical (unpaired) electrons. The van der Waals surface area contributed by atoms with Gasteiger partial charge in [-0.2, -0.15) is 11.3 Å². The van der Waals surface area contributed by atoms with E-state index in [0.717, 1.165) is 52.7 Å². The summed E-state index contributed by atoms with van der Waals surface area (Å²) < 4.78 is 2.22. The lowest BCUT2D eigenvalue weighted by molar-refractivity contribution is 0.0699. The monoisotopic (exact) mass is 445 g/mol. The zero-order valence-electron chi connectivity index (χ0n) is 18.0. The number of nitrogens with zero attached hydrogens (tertiary/aromatic N) is 3. The summed E-state index contributed by atoms with van der Waals surface area (Å²) in [5, 5.41) is 14.8. The number of fused-ring (bicyclic) bond motifs is 1. The highest BCUT2D eigenvalue weighted by molar-refractivity contribution is 7.08. The molecule has 1 aliphatic rings. The Morgan fingerprint density at radius 3 is 2.66 bits per heavy atom. The highest BCUT2D eigenvalue weighted by Crippen LogP contribution is 2.35. The Bertz CT molecular complexity index is 1220. The van der Waals surface area contributed by atoms with Crippen LogP contribution >= 0.6 is 11.3 Å². The fourth-order valence-corrected chi connectivity index (χ4v) is 5.42. The van der Waals surface area contributed by atoms with E-state index in [9.17, 15) is 9.90 Å². The van der Waals surface area contributed by atoms with Crippen molar-refractivity contribution >= 4 is 28.2 Å². The number of aryl methyl sites for hydroxylation is 1. The lowest BCUT2D eigenvalue weighted by Gasteiger charge is -2.26. The molecule has 1 saturated heterocycles. The maximum Gasteiger partial charge on any atom is 0.336 e. The number of carboxylic acids is 1. The number of aromatic carboxylic acids is 1. The molecule has 5 rings (SSSR count). The number of benzene rings is 1. The van der Waals surface area contributed by atoms with Crippen LogP contribution in [0.5, 0.6) is 0 Å². The van der Waals surface area contributed by atoms with E-state index in [1.165, 1.54) is 32.4 Å². The Labute approximate surface area is 192 Å². The molecule has 1 aliphatic heterocycles. The lowest BCUT2D eigenvalue weighted by atomic mass is 10.00. The summed E-state index contributed by atoms with van der Waals surface area (Å²) in [6.45, 7) is 4.35. The van der Waals surface area contributed by atoms with E-state index in [0.29, 0.717) is 5.56 Å². The van der Waals surface area contributed by atoms with Crippen molar-refractivity contribution in [2.75, 3.05) is 19.6 Å². The number of pyridine rings is 1. The Morgan fingerprint density at radius 2 is 1.88 bits per heavy atom. The maximum absolute atomic E-state index is 12.1. The van der Waals surface area contributed by atoms with Gasteiger partial charge in [-0.15, -0.1) is 0 Å². The van der Waals surface area contributed by atoms with Gasteiger partial charge < -0.3 is 14.6 Å². The van der Waals surface area contributed by atoms with Gasteiger partial charge in [-0.1, -0.05) is 12.5 Å². The minimum atomic E-state index is -0.898. The zero-order chi connectivity index (χ0) is 21.9. The number of hydrogen-bond acceptors (Lipinski definition) is 4. The number of rotatable bonds is 7. The van der Waals surface area contributed by atoms with Gasteiger partial charge >= 0.3 is 5.97 Å². The van der Waals surface area contributed by atoms with Gasteiger partial charge in [0.05, 0.1) is 5.56 Å². The highest BCUT2D eigenvalue weighted by atomic mass is 32.1. The number of aromatic nitrogens is 2. The third kappa shape index (κ3) is 4.20. The van der Waals surface area contributed by atoms with Gasteiger partial charge in [0.2, 0.25) is 0 Å². The van der Waals surface area contributed by atoms with Gasteiger partial charge in [-0.05, 0) is 79.5 Å². The van der Waals surface area contributed by atoms with E-state index in [4.69, 9.17) is 0 Å². The predicted molar refractivity (Wildman–Crippen MR) is 130 cm³/mol. The number of piperidine rings is 1. The SMILES string of the molecule is O=C(O)c1cccc2c1c(-c1cncc(-c3ccsc3)c1)cn2CCCN1CCCCC1. The lowest BCUT2D eigenvalue weighted by Crippen LogP contribution is -2.31. The molecule has 1 N–H and O–H groups in total. The van der Waals surface area contributed by atoms with Crippen LogP contribution in [-0.2, 0) is 6.54 Å². The first-order valence-corrected chi connectivity index (χ1v) is 12.2. The average Bonchev–Trinajstić information content (AvgIpc) is 3.49. The molecule has 1 aromatic carbocycles. The molecule has 0 saturated carbocycles. The van der Waals surface area contributed by atoms with E-state index in [1.54, 1.807) is 17.4 Å². The summed E-state index contributed by atoms with van der Waals surface area (Å²) in [5.41, 5.74) is 5.37. The molecule has 0 atom stereocenters. The molecule has 0 amide bonds. The molecular weight excluding hydrogens is 418 g/mol. The topological polar surface area (TPSA) is 58.4 Å². The molecule has 0 spiro atoms. The third-order valence-electron chi connectivity index (χ3n) is 6.36. The van der Waals surface area contributed by atoms with Crippen molar-refractivity contribution in [3.63, 3.8) is 0 Å². The van der Waals surface area contributed by atoms with Crippen molar-refractivity contribution in [2.24, 2.45) is 0 Å². The molecule has 1 fully saturated rings. The fourth-order valence-electron chi connectivity index (χ4n) is 4.76. The van der Waals surface area contributed by atoms with Gasteiger partial charge in [0.1, 0.15) is 0 Å². The van der Waals surface area contributed by atoms with Gasteiger partial charge in [-0.25, -0.2) is 4.79 Å². The number of hydrogen-bond donors (Lipinski definition) is 1. The summed E-state index contributed by atoms with van der Waals surface area (Å²) in [6.07, 6.45) is 10.8. The van der Waals surface area contributed by atoms with E-state index in [1.807, 2.05) is 24.5 Å². The van der Waals surface area contributed by atoms with Crippen LogP contribution in [-0.4, -0.2) is 45.2 Å². The minimum Gasteiger partial charge on any atom is -0.478 e. The average molecular weight is 446 g/mol. The number of carboxylic acid groups (broad SMARTS) is 1. The second-order valence-corrected chi connectivity index (χ2v) is 9.25. The normalized spacial score (nSPS) is 14.8. The molecular formula is C26H27N3O2S. The van der Waals surface area contributed by atoms with Crippen LogP contribution < -0.4 is 0 Å². The minimum absolute atomic E-state index is 0.341. The first-order chi connectivity index (χ1) is 15.7. The Hall–Kier alpha value is -2.96. The zero-order valence-corrected chi connectivity index (χ0v) is 18.9. The fraction of sp³-hybridized carbons (Fsp3) is 0.308. The van der Waals surface area contributed by atoms with E-state index in [2.05, 4.69) is 43.5 Å². The quantitative estimate of drug-likeness (QED) is 0.379. The van der Waals surface area contributed by atoms with Crippen molar-refractivity contribution in [2.45, 2.75) is 32.2 Å². The van der Waals surface area contributed by atoms with Crippen LogP contribution in [0.1, 0.15) is 36.0 Å². The van der Waals surface area contributed by atoms with Crippen LogP contribution in [0, 0.1) is 0 Å². The number of likely N-dealkylation sites (tertiary alicyclic amines) is 1. The largest absolute Gasteiger partial charge is 0.478 e. The maximum atomic E-state index is 12.1. The van der Waals surface area contributed by atoms with Gasteiger partial charge in [0.25, 0.3) is 0 Å². The molecule has 5 nitrogen and oxygen atoms in total. The van der Waals surface area contributed by atoms with Crippen LogP contribution in [0.15, 0.2) is 59.7 Å². The first-order valence-electron chi connectivity index (χ1n) is 11.3. The molecule has 0 unspecified atom stereocenters. The molecule has 0 aliphatic carbocycles. The summed E-state index contributed by atoms with van der Waals surface area (Å²) in [4.78, 5) is 19.1. The molecule has 6 heteroatoms. The summed E-state index contributed by atoms with van der Waals surface area (Å²) >= 11 is 1.66. The number of thiophene rings is 1. The van der Waals surface area contributed by atoms with Crippen LogP contribution in [0.25, 0.3) is 33.2 Å². The van der Waals surface area contributed by atoms with Crippen molar-refractivity contribution in [3.8, 4) is 22.3 Å². The summed E-state index contributed by atoms with van der Waals surface area (Å²) in [5.74, 6) is -0.898. The van der Waals surface area contributed by atoms with Crippen molar-refractivity contribution in [1.29, 1.82) is 0 Å². The van der Waals surface area contributed by atoms with Gasteiger partial charge in [0, 0.05) is 52.7 Å². The highest BCUT2D eigenvalue weighted by Gasteiger charge is 2.18. The molecule has 164 valence electrons. The Balaban J connectivity index is 1.52. The summed E-state index contributed by atoms with van der Waals surface area (Å²) in [6, 6.07) is 9.76. The standard InChI is InChI=1S/C26H27N3O2S/c30-26(31)22-6-4-7-24-25(22)23(17-29(24)12-5-11-28-9-2-1-3-10-28)21-14-20(15-27-16-21)19-8-13-32-18-19/h4,6-8,13-18H,1-3,5,9-12H2,(H,30,31). The predicted octanol–water partition coefficient (Wildman–Crippen LogP) is 6.01. The third-order valence-corrected chi connectivity index (χ3v) is 7.05. The van der Waals surface area contributed by atoms with Crippen molar-refractivity contribution in [3.05, 3.63) is 65.2 Å². The van der Waals surface area contributed by atoms with Crippen molar-refractivity contribution < 1.29 is 9.90 Å².